The van der Waals surface area contributed by atoms with Crippen molar-refractivity contribution in [1.29, 1.82) is 0 Å². The van der Waals surface area contributed by atoms with E-state index in [1.807, 2.05) is 42.5 Å². The maximum absolute atomic E-state index is 12.1. The van der Waals surface area contributed by atoms with E-state index in [-0.39, 0.29) is 5.91 Å². The average molecular weight is 377 g/mol. The van der Waals surface area contributed by atoms with Crippen molar-refractivity contribution in [3.05, 3.63) is 80.8 Å². The maximum atomic E-state index is 12.1. The Labute approximate surface area is 154 Å². The standard InChI is InChI=1S/C18H14Cl2N2OS/c19-14-7-6-13(16(20)10-14)9-15-11-21-18(24-15)22-17(23)8-12-4-2-1-3-5-12/h1-7,10-11H,8-9H2,(H,21,22,23). The fraction of sp³-hybridized carbons (Fsp3) is 0.111. The predicted octanol–water partition coefficient (Wildman–Crippen LogP) is 5.22. The van der Waals surface area contributed by atoms with Gasteiger partial charge in [0.2, 0.25) is 5.91 Å². The second kappa shape index (κ2) is 7.79. The smallest absolute Gasteiger partial charge is 0.230 e. The van der Waals surface area contributed by atoms with Crippen LogP contribution in [-0.2, 0) is 17.6 Å². The van der Waals surface area contributed by atoms with E-state index < -0.39 is 0 Å². The van der Waals surface area contributed by atoms with E-state index in [1.165, 1.54) is 11.3 Å². The van der Waals surface area contributed by atoms with Gasteiger partial charge in [0.15, 0.2) is 5.13 Å². The molecule has 0 saturated heterocycles. The van der Waals surface area contributed by atoms with Crippen LogP contribution in [-0.4, -0.2) is 10.9 Å². The Morgan fingerprint density at radius 1 is 1.12 bits per heavy atom. The summed E-state index contributed by atoms with van der Waals surface area (Å²) in [6, 6.07) is 15.0. The number of hydrogen-bond acceptors (Lipinski definition) is 3. The molecule has 0 bridgehead atoms. The molecule has 0 unspecified atom stereocenters. The van der Waals surface area contributed by atoms with Gasteiger partial charge in [-0.05, 0) is 23.3 Å². The van der Waals surface area contributed by atoms with E-state index in [4.69, 9.17) is 23.2 Å². The minimum Gasteiger partial charge on any atom is -0.302 e. The molecule has 0 aliphatic heterocycles. The van der Waals surface area contributed by atoms with Crippen molar-refractivity contribution in [2.75, 3.05) is 5.32 Å². The predicted molar refractivity (Wildman–Crippen MR) is 100 cm³/mol. The van der Waals surface area contributed by atoms with E-state index in [0.717, 1.165) is 16.0 Å². The highest BCUT2D eigenvalue weighted by molar-refractivity contribution is 7.15. The Morgan fingerprint density at radius 2 is 1.92 bits per heavy atom. The number of thiazole rings is 1. The van der Waals surface area contributed by atoms with E-state index in [9.17, 15) is 4.79 Å². The number of carbonyl (C=O) groups is 1. The lowest BCUT2D eigenvalue weighted by atomic mass is 10.1. The summed E-state index contributed by atoms with van der Waals surface area (Å²) in [5, 5.41) is 4.67. The Morgan fingerprint density at radius 3 is 2.67 bits per heavy atom. The topological polar surface area (TPSA) is 42.0 Å². The van der Waals surface area contributed by atoms with Crippen molar-refractivity contribution >= 4 is 45.6 Å². The van der Waals surface area contributed by atoms with Crippen molar-refractivity contribution in [2.24, 2.45) is 0 Å². The van der Waals surface area contributed by atoms with Crippen LogP contribution in [0.15, 0.2) is 54.7 Å². The van der Waals surface area contributed by atoms with Gasteiger partial charge in [0.1, 0.15) is 0 Å². The maximum Gasteiger partial charge on any atom is 0.230 e. The summed E-state index contributed by atoms with van der Waals surface area (Å²) in [6.07, 6.45) is 2.74. The number of aromatic nitrogens is 1. The number of anilines is 1. The van der Waals surface area contributed by atoms with Gasteiger partial charge in [-0.25, -0.2) is 4.98 Å². The molecule has 3 nitrogen and oxygen atoms in total. The summed E-state index contributed by atoms with van der Waals surface area (Å²) in [4.78, 5) is 17.3. The molecule has 0 spiro atoms. The highest BCUT2D eigenvalue weighted by Gasteiger charge is 2.09. The first-order chi connectivity index (χ1) is 11.6. The van der Waals surface area contributed by atoms with Crippen LogP contribution in [0.4, 0.5) is 5.13 Å². The molecule has 1 N–H and O–H groups in total. The van der Waals surface area contributed by atoms with Crippen LogP contribution in [0.25, 0.3) is 0 Å². The van der Waals surface area contributed by atoms with Gasteiger partial charge in [-0.2, -0.15) is 0 Å². The molecule has 1 aromatic heterocycles. The average Bonchev–Trinajstić information content (AvgIpc) is 2.98. The zero-order valence-corrected chi connectivity index (χ0v) is 15.0. The summed E-state index contributed by atoms with van der Waals surface area (Å²) in [7, 11) is 0. The molecular weight excluding hydrogens is 363 g/mol. The van der Waals surface area contributed by atoms with Gasteiger partial charge in [0, 0.05) is 27.5 Å². The second-order valence-corrected chi connectivity index (χ2v) is 7.21. The largest absolute Gasteiger partial charge is 0.302 e. The van der Waals surface area contributed by atoms with Crippen molar-refractivity contribution in [2.45, 2.75) is 12.8 Å². The van der Waals surface area contributed by atoms with Gasteiger partial charge in [-0.3, -0.25) is 4.79 Å². The molecule has 2 aromatic carbocycles. The first-order valence-electron chi connectivity index (χ1n) is 7.32. The number of nitrogens with zero attached hydrogens (tertiary/aromatic N) is 1. The zero-order valence-electron chi connectivity index (χ0n) is 12.6. The molecular formula is C18H14Cl2N2OS. The number of benzene rings is 2. The molecule has 0 saturated carbocycles. The van der Waals surface area contributed by atoms with Crippen molar-refractivity contribution < 1.29 is 4.79 Å². The van der Waals surface area contributed by atoms with Gasteiger partial charge in [-0.15, -0.1) is 11.3 Å². The molecule has 122 valence electrons. The third kappa shape index (κ3) is 4.57. The number of amides is 1. The van der Waals surface area contributed by atoms with Gasteiger partial charge < -0.3 is 5.32 Å². The quantitative estimate of drug-likeness (QED) is 0.662. The Kier molecular flexibility index (Phi) is 5.51. The van der Waals surface area contributed by atoms with Gasteiger partial charge in [0.25, 0.3) is 0 Å². The monoisotopic (exact) mass is 376 g/mol. The molecule has 24 heavy (non-hydrogen) atoms. The number of nitrogens with one attached hydrogen (secondary N) is 1. The highest BCUT2D eigenvalue weighted by Crippen LogP contribution is 2.26. The Balaban J connectivity index is 1.62. The molecule has 3 rings (SSSR count). The first kappa shape index (κ1) is 17.0. The highest BCUT2D eigenvalue weighted by atomic mass is 35.5. The first-order valence-corrected chi connectivity index (χ1v) is 8.90. The lowest BCUT2D eigenvalue weighted by Crippen LogP contribution is -2.13. The minimum absolute atomic E-state index is 0.0772. The SMILES string of the molecule is O=C(Cc1ccccc1)Nc1ncc(Cc2ccc(Cl)cc2Cl)s1. The number of hydrogen-bond donors (Lipinski definition) is 1. The third-order valence-electron chi connectivity index (χ3n) is 3.39. The fourth-order valence-corrected chi connectivity index (χ4v) is 3.57. The van der Waals surface area contributed by atoms with Gasteiger partial charge in [0.05, 0.1) is 6.42 Å². The molecule has 6 heteroatoms. The summed E-state index contributed by atoms with van der Waals surface area (Å²) < 4.78 is 0. The number of carbonyl (C=O) groups excluding carboxylic acids is 1. The van der Waals surface area contributed by atoms with Crippen LogP contribution < -0.4 is 5.32 Å². The van der Waals surface area contributed by atoms with Crippen LogP contribution in [0.1, 0.15) is 16.0 Å². The normalized spacial score (nSPS) is 10.6. The van der Waals surface area contributed by atoms with Crippen LogP contribution >= 0.6 is 34.5 Å². The summed E-state index contributed by atoms with van der Waals surface area (Å²) in [6.45, 7) is 0. The summed E-state index contributed by atoms with van der Waals surface area (Å²) in [5.74, 6) is -0.0772. The van der Waals surface area contributed by atoms with Crippen molar-refractivity contribution in [3.63, 3.8) is 0 Å². The number of rotatable bonds is 5. The molecule has 0 fully saturated rings. The molecule has 0 aliphatic carbocycles. The summed E-state index contributed by atoms with van der Waals surface area (Å²) >= 11 is 13.5. The number of halogens is 2. The Bertz CT molecular complexity index is 849. The van der Waals surface area contributed by atoms with E-state index >= 15 is 0 Å². The second-order valence-electron chi connectivity index (χ2n) is 5.25. The minimum atomic E-state index is -0.0772. The van der Waals surface area contributed by atoms with E-state index in [0.29, 0.717) is 28.0 Å². The lowest BCUT2D eigenvalue weighted by molar-refractivity contribution is -0.115. The third-order valence-corrected chi connectivity index (χ3v) is 4.89. The van der Waals surface area contributed by atoms with Crippen LogP contribution in [0.5, 0.6) is 0 Å². The molecule has 1 amide bonds. The van der Waals surface area contributed by atoms with Crippen molar-refractivity contribution in [3.8, 4) is 0 Å². The zero-order chi connectivity index (χ0) is 16.9. The molecule has 0 atom stereocenters. The van der Waals surface area contributed by atoms with Gasteiger partial charge >= 0.3 is 0 Å². The van der Waals surface area contributed by atoms with Crippen LogP contribution in [0, 0.1) is 0 Å². The fourth-order valence-electron chi connectivity index (χ4n) is 2.24. The van der Waals surface area contributed by atoms with Gasteiger partial charge in [-0.1, -0.05) is 59.6 Å². The van der Waals surface area contributed by atoms with Crippen LogP contribution in [0.2, 0.25) is 10.0 Å². The molecule has 3 aromatic rings. The van der Waals surface area contributed by atoms with Crippen LogP contribution in [0.3, 0.4) is 0 Å². The Hall–Kier alpha value is -1.88. The molecule has 0 radical (unpaired) electrons. The summed E-state index contributed by atoms with van der Waals surface area (Å²) in [5.41, 5.74) is 1.95. The van der Waals surface area contributed by atoms with E-state index in [2.05, 4.69) is 10.3 Å². The molecule has 1 heterocycles. The van der Waals surface area contributed by atoms with Crippen molar-refractivity contribution in [1.82, 2.24) is 4.98 Å². The molecule has 0 aliphatic rings. The van der Waals surface area contributed by atoms with E-state index in [1.54, 1.807) is 12.3 Å². The lowest BCUT2D eigenvalue weighted by Gasteiger charge is -2.03.